The monoisotopic (exact) mass is 425 g/mol. The molecule has 0 aliphatic rings. The molecule has 0 radical (unpaired) electrons. The molecule has 3 aromatic rings. The molecule has 0 atom stereocenters. The maximum atomic E-state index is 13.4. The summed E-state index contributed by atoms with van der Waals surface area (Å²) in [5.74, 6) is -0.354. The van der Waals surface area contributed by atoms with Gasteiger partial charge in [0.1, 0.15) is 16.5 Å². The van der Waals surface area contributed by atoms with Crippen LogP contribution in [0.15, 0.2) is 41.8 Å². The standard InChI is InChI=1S/C19H20FN3OS2.ClH/c1-12(2)23(19(24)16-11-25-18(9-21)22-16)10-15-6-7-17(26-15)13-4-3-5-14(20)8-13;/h3-8,11-12H,9-10,21H2,1-2H3;1H. The van der Waals surface area contributed by atoms with E-state index < -0.39 is 0 Å². The van der Waals surface area contributed by atoms with Crippen molar-refractivity contribution in [2.24, 2.45) is 5.73 Å². The molecule has 4 nitrogen and oxygen atoms in total. The Labute approximate surface area is 172 Å². The summed E-state index contributed by atoms with van der Waals surface area (Å²) in [7, 11) is 0. The number of halogens is 2. The van der Waals surface area contributed by atoms with Crippen molar-refractivity contribution in [3.05, 3.63) is 63.2 Å². The third-order valence-corrected chi connectivity index (χ3v) is 5.92. The van der Waals surface area contributed by atoms with E-state index in [1.54, 1.807) is 27.7 Å². The Morgan fingerprint density at radius 2 is 2.07 bits per heavy atom. The molecule has 0 saturated carbocycles. The van der Waals surface area contributed by atoms with Gasteiger partial charge in [0, 0.05) is 27.7 Å². The first-order chi connectivity index (χ1) is 12.5. The van der Waals surface area contributed by atoms with E-state index in [1.807, 2.05) is 32.0 Å². The number of benzene rings is 1. The number of thiophene rings is 1. The molecule has 27 heavy (non-hydrogen) atoms. The summed E-state index contributed by atoms with van der Waals surface area (Å²) in [5, 5.41) is 2.51. The number of carbonyl (C=O) groups is 1. The Morgan fingerprint density at radius 1 is 1.30 bits per heavy atom. The number of nitrogens with two attached hydrogens (primary N) is 1. The van der Waals surface area contributed by atoms with E-state index in [1.165, 1.54) is 23.5 Å². The molecule has 0 aliphatic carbocycles. The van der Waals surface area contributed by atoms with Crippen LogP contribution in [0.5, 0.6) is 0 Å². The van der Waals surface area contributed by atoms with Crippen LogP contribution in [0.25, 0.3) is 10.4 Å². The highest BCUT2D eigenvalue weighted by atomic mass is 35.5. The summed E-state index contributed by atoms with van der Waals surface area (Å²) >= 11 is 2.96. The van der Waals surface area contributed by atoms with Crippen LogP contribution in [0.3, 0.4) is 0 Å². The van der Waals surface area contributed by atoms with Gasteiger partial charge in [-0.05, 0) is 43.7 Å². The Balaban J connectivity index is 0.00000261. The molecule has 8 heteroatoms. The van der Waals surface area contributed by atoms with Gasteiger partial charge < -0.3 is 10.6 Å². The molecule has 0 aliphatic heterocycles. The number of hydrogen-bond donors (Lipinski definition) is 1. The SMILES string of the molecule is CC(C)N(Cc1ccc(-c2cccc(F)c2)s1)C(=O)c1csc(CN)n1.Cl. The van der Waals surface area contributed by atoms with Crippen LogP contribution in [0.2, 0.25) is 0 Å². The minimum absolute atomic E-state index is 0. The van der Waals surface area contributed by atoms with E-state index in [-0.39, 0.29) is 30.2 Å². The van der Waals surface area contributed by atoms with Crippen molar-refractivity contribution in [1.29, 1.82) is 0 Å². The van der Waals surface area contributed by atoms with E-state index in [2.05, 4.69) is 4.98 Å². The summed E-state index contributed by atoms with van der Waals surface area (Å²) in [6, 6.07) is 10.5. The summed E-state index contributed by atoms with van der Waals surface area (Å²) in [5.41, 5.74) is 6.87. The molecule has 0 saturated heterocycles. The zero-order chi connectivity index (χ0) is 18.7. The largest absolute Gasteiger partial charge is 0.330 e. The molecule has 2 N–H and O–H groups in total. The lowest BCUT2D eigenvalue weighted by Gasteiger charge is -2.25. The molecular formula is C19H21ClFN3OS2. The Morgan fingerprint density at radius 3 is 2.70 bits per heavy atom. The van der Waals surface area contributed by atoms with Gasteiger partial charge in [-0.2, -0.15) is 0 Å². The third kappa shape index (κ3) is 5.13. The van der Waals surface area contributed by atoms with Crippen molar-refractivity contribution in [3.8, 4) is 10.4 Å². The molecule has 0 fully saturated rings. The highest BCUT2D eigenvalue weighted by Crippen LogP contribution is 2.30. The van der Waals surface area contributed by atoms with Gasteiger partial charge in [-0.3, -0.25) is 4.79 Å². The predicted molar refractivity (Wildman–Crippen MR) is 112 cm³/mol. The van der Waals surface area contributed by atoms with Crippen molar-refractivity contribution >= 4 is 41.0 Å². The van der Waals surface area contributed by atoms with Crippen molar-refractivity contribution < 1.29 is 9.18 Å². The second kappa shape index (κ2) is 9.41. The van der Waals surface area contributed by atoms with Gasteiger partial charge in [0.15, 0.2) is 0 Å². The maximum Gasteiger partial charge on any atom is 0.273 e. The van der Waals surface area contributed by atoms with Gasteiger partial charge in [-0.1, -0.05) is 12.1 Å². The fourth-order valence-electron chi connectivity index (χ4n) is 2.57. The van der Waals surface area contributed by atoms with Gasteiger partial charge in [0.2, 0.25) is 0 Å². The van der Waals surface area contributed by atoms with Gasteiger partial charge in [0.25, 0.3) is 5.91 Å². The van der Waals surface area contributed by atoms with E-state index in [4.69, 9.17) is 5.73 Å². The van der Waals surface area contributed by atoms with E-state index in [0.29, 0.717) is 18.8 Å². The molecule has 3 rings (SSSR count). The number of aromatic nitrogens is 1. The van der Waals surface area contributed by atoms with E-state index in [0.717, 1.165) is 20.3 Å². The second-order valence-electron chi connectivity index (χ2n) is 6.13. The Hall–Kier alpha value is -1.80. The first-order valence-corrected chi connectivity index (χ1v) is 9.97. The van der Waals surface area contributed by atoms with Crippen molar-refractivity contribution in [2.75, 3.05) is 0 Å². The smallest absolute Gasteiger partial charge is 0.273 e. The van der Waals surface area contributed by atoms with Gasteiger partial charge in [-0.25, -0.2) is 9.37 Å². The van der Waals surface area contributed by atoms with E-state index in [9.17, 15) is 9.18 Å². The minimum atomic E-state index is -0.254. The van der Waals surface area contributed by atoms with Crippen LogP contribution in [0.4, 0.5) is 4.39 Å². The average molecular weight is 426 g/mol. The van der Waals surface area contributed by atoms with Crippen LogP contribution < -0.4 is 5.73 Å². The van der Waals surface area contributed by atoms with Crippen LogP contribution in [0.1, 0.15) is 34.2 Å². The molecular weight excluding hydrogens is 405 g/mol. The van der Waals surface area contributed by atoms with Crippen molar-refractivity contribution in [2.45, 2.75) is 33.0 Å². The van der Waals surface area contributed by atoms with Crippen LogP contribution in [-0.4, -0.2) is 21.8 Å². The zero-order valence-electron chi connectivity index (χ0n) is 15.0. The normalized spacial score (nSPS) is 10.7. The van der Waals surface area contributed by atoms with Crippen molar-refractivity contribution in [3.63, 3.8) is 0 Å². The summed E-state index contributed by atoms with van der Waals surface area (Å²) in [4.78, 5) is 20.9. The lowest BCUT2D eigenvalue weighted by Crippen LogP contribution is -2.36. The average Bonchev–Trinajstić information content (AvgIpc) is 3.28. The first kappa shape index (κ1) is 21.5. The predicted octanol–water partition coefficient (Wildman–Crippen LogP) is 4.94. The molecule has 144 valence electrons. The highest BCUT2D eigenvalue weighted by molar-refractivity contribution is 7.15. The van der Waals surface area contributed by atoms with Crippen molar-refractivity contribution in [1.82, 2.24) is 9.88 Å². The molecule has 0 bridgehead atoms. The lowest BCUT2D eigenvalue weighted by molar-refractivity contribution is 0.0687. The fourth-order valence-corrected chi connectivity index (χ4v) is 4.22. The van der Waals surface area contributed by atoms with Gasteiger partial charge in [0.05, 0.1) is 6.54 Å². The molecule has 0 spiro atoms. The molecule has 2 aromatic heterocycles. The fraction of sp³-hybridized carbons (Fsp3) is 0.263. The minimum Gasteiger partial charge on any atom is -0.330 e. The van der Waals surface area contributed by atoms with Gasteiger partial charge >= 0.3 is 0 Å². The molecule has 2 heterocycles. The quantitative estimate of drug-likeness (QED) is 0.608. The van der Waals surface area contributed by atoms with Crippen LogP contribution in [0, 0.1) is 5.82 Å². The third-order valence-electron chi connectivity index (χ3n) is 3.93. The maximum absolute atomic E-state index is 13.4. The second-order valence-corrected chi connectivity index (χ2v) is 8.24. The number of nitrogens with zero attached hydrogens (tertiary/aromatic N) is 2. The first-order valence-electron chi connectivity index (χ1n) is 8.28. The number of carbonyl (C=O) groups excluding carboxylic acids is 1. The summed E-state index contributed by atoms with van der Waals surface area (Å²) in [6.07, 6.45) is 0. The van der Waals surface area contributed by atoms with Crippen LogP contribution in [-0.2, 0) is 13.1 Å². The number of rotatable bonds is 6. The molecule has 1 amide bonds. The van der Waals surface area contributed by atoms with Gasteiger partial charge in [-0.15, -0.1) is 35.1 Å². The zero-order valence-corrected chi connectivity index (χ0v) is 17.5. The molecule has 1 aromatic carbocycles. The number of thiazole rings is 1. The number of amides is 1. The summed E-state index contributed by atoms with van der Waals surface area (Å²) in [6.45, 7) is 4.79. The van der Waals surface area contributed by atoms with Crippen LogP contribution >= 0.6 is 35.1 Å². The molecule has 0 unspecified atom stereocenters. The highest BCUT2D eigenvalue weighted by Gasteiger charge is 2.22. The lowest BCUT2D eigenvalue weighted by atomic mass is 10.2. The van der Waals surface area contributed by atoms with E-state index >= 15 is 0 Å². The Bertz CT molecular complexity index is 910. The Kier molecular flexibility index (Phi) is 7.49. The topological polar surface area (TPSA) is 59.2 Å². The summed E-state index contributed by atoms with van der Waals surface area (Å²) < 4.78 is 13.4. The number of hydrogen-bond acceptors (Lipinski definition) is 5.